The van der Waals surface area contributed by atoms with E-state index in [2.05, 4.69) is 0 Å². The number of carbonyl (C=O) groups excluding carboxylic acids is 2. The molecule has 118 valence electrons. The van der Waals surface area contributed by atoms with Crippen molar-refractivity contribution in [3.05, 3.63) is 58.7 Å². The summed E-state index contributed by atoms with van der Waals surface area (Å²) in [5, 5.41) is 0. The lowest BCUT2D eigenvalue weighted by Gasteiger charge is -2.30. The Morgan fingerprint density at radius 2 is 1.83 bits per heavy atom. The topological polar surface area (TPSA) is 52.6 Å². The van der Waals surface area contributed by atoms with Gasteiger partial charge in [-0.1, -0.05) is 36.4 Å². The van der Waals surface area contributed by atoms with Crippen LogP contribution in [0, 0.1) is 0 Å². The van der Waals surface area contributed by atoms with Crippen LogP contribution in [0.25, 0.3) is 0 Å². The van der Waals surface area contributed by atoms with Crippen LogP contribution in [0.4, 0.5) is 0 Å². The molecule has 0 radical (unpaired) electrons. The Balaban J connectivity index is 1.57. The predicted octanol–water partition coefficient (Wildman–Crippen LogP) is 3.23. The molecular weight excluding hydrogens is 292 g/mol. The number of allylic oxidation sites excluding steroid dienone is 2. The molecule has 4 nitrogen and oxygen atoms in total. The molecule has 0 bridgehead atoms. The van der Waals surface area contributed by atoms with E-state index < -0.39 is 0 Å². The number of ketones is 2. The van der Waals surface area contributed by atoms with E-state index in [4.69, 9.17) is 9.47 Å². The second-order valence-electron chi connectivity index (χ2n) is 6.13. The minimum absolute atomic E-state index is 0.0577. The smallest absolute Gasteiger partial charge is 0.194 e. The lowest BCUT2D eigenvalue weighted by atomic mass is 9.79. The number of benzene rings is 1. The molecule has 3 aliphatic rings. The zero-order chi connectivity index (χ0) is 15.8. The average molecular weight is 310 g/mol. The number of rotatable bonds is 2. The summed E-state index contributed by atoms with van der Waals surface area (Å²) in [6.07, 6.45) is 6.68. The van der Waals surface area contributed by atoms with Crippen molar-refractivity contribution in [3.63, 3.8) is 0 Å². The summed E-state index contributed by atoms with van der Waals surface area (Å²) in [6, 6.07) is 7.01. The normalized spacial score (nSPS) is 27.0. The first-order valence-electron chi connectivity index (χ1n) is 8.11. The number of Topliss-reactive ketones (excluding diaryl/α,β-unsaturated/α-hetero) is 2. The Morgan fingerprint density at radius 1 is 1.04 bits per heavy atom. The lowest BCUT2D eigenvalue weighted by Crippen LogP contribution is -2.31. The van der Waals surface area contributed by atoms with Crippen LogP contribution in [0.2, 0.25) is 0 Å². The Bertz CT molecular complexity index is 723. The van der Waals surface area contributed by atoms with E-state index in [9.17, 15) is 9.59 Å². The van der Waals surface area contributed by atoms with Crippen molar-refractivity contribution in [2.75, 3.05) is 6.61 Å². The molecule has 4 heteroatoms. The molecule has 1 aromatic carbocycles. The summed E-state index contributed by atoms with van der Waals surface area (Å²) in [5.41, 5.74) is 2.07. The molecule has 0 spiro atoms. The van der Waals surface area contributed by atoms with Crippen molar-refractivity contribution >= 4 is 11.6 Å². The number of hydrogen-bond acceptors (Lipinski definition) is 4. The van der Waals surface area contributed by atoms with E-state index in [1.165, 1.54) is 0 Å². The lowest BCUT2D eigenvalue weighted by molar-refractivity contribution is -0.178. The first-order valence-corrected chi connectivity index (χ1v) is 8.11. The van der Waals surface area contributed by atoms with Crippen LogP contribution in [0.3, 0.4) is 0 Å². The highest BCUT2D eigenvalue weighted by molar-refractivity contribution is 6.28. The summed E-state index contributed by atoms with van der Waals surface area (Å²) in [5.74, 6) is -0.128. The fourth-order valence-electron chi connectivity index (χ4n) is 3.40. The van der Waals surface area contributed by atoms with Crippen LogP contribution in [0.1, 0.15) is 46.4 Å². The van der Waals surface area contributed by atoms with Gasteiger partial charge in [0.25, 0.3) is 0 Å². The van der Waals surface area contributed by atoms with Gasteiger partial charge in [0.1, 0.15) is 0 Å². The Morgan fingerprint density at radius 3 is 2.57 bits per heavy atom. The minimum atomic E-state index is -0.209. The molecule has 1 saturated heterocycles. The Labute approximate surface area is 134 Å². The molecule has 0 N–H and O–H groups in total. The maximum Gasteiger partial charge on any atom is 0.194 e. The second kappa shape index (κ2) is 5.87. The average Bonchev–Trinajstić information content (AvgIpc) is 2.60. The summed E-state index contributed by atoms with van der Waals surface area (Å²) >= 11 is 0. The summed E-state index contributed by atoms with van der Waals surface area (Å²) in [6.45, 7) is 0.722. The molecule has 2 unspecified atom stereocenters. The molecule has 2 aliphatic carbocycles. The standard InChI is InChI=1S/C19H18O4/c20-18-13-5-1-2-6-14(13)19(21)16-11-12(8-9-15(16)18)23-17-7-3-4-10-22-17/h1-2,5-6,8-9,12,17H,3-4,7,10-11H2. The third-order valence-electron chi connectivity index (χ3n) is 4.61. The van der Waals surface area contributed by atoms with Gasteiger partial charge in [0, 0.05) is 35.3 Å². The monoisotopic (exact) mass is 310 g/mol. The molecule has 0 amide bonds. The zero-order valence-electron chi connectivity index (χ0n) is 12.8. The number of hydrogen-bond donors (Lipinski definition) is 0. The third kappa shape index (κ3) is 2.58. The van der Waals surface area contributed by atoms with Gasteiger partial charge in [0.05, 0.1) is 6.10 Å². The van der Waals surface area contributed by atoms with Gasteiger partial charge < -0.3 is 9.47 Å². The maximum absolute atomic E-state index is 12.7. The largest absolute Gasteiger partial charge is 0.353 e. The van der Waals surface area contributed by atoms with Gasteiger partial charge >= 0.3 is 0 Å². The molecule has 0 saturated carbocycles. The SMILES string of the molecule is O=C1C2=C(CC(OC3CCCCO3)C=C2)C(=O)c2ccccc21. The third-order valence-corrected chi connectivity index (χ3v) is 4.61. The second-order valence-corrected chi connectivity index (χ2v) is 6.13. The molecule has 23 heavy (non-hydrogen) atoms. The minimum Gasteiger partial charge on any atom is -0.353 e. The highest BCUT2D eigenvalue weighted by Gasteiger charge is 2.34. The zero-order valence-corrected chi connectivity index (χ0v) is 12.8. The van der Waals surface area contributed by atoms with Crippen LogP contribution in [-0.2, 0) is 9.47 Å². The highest BCUT2D eigenvalue weighted by Crippen LogP contribution is 2.33. The van der Waals surface area contributed by atoms with Crippen LogP contribution in [0.15, 0.2) is 47.6 Å². The van der Waals surface area contributed by atoms with Gasteiger partial charge in [-0.05, 0) is 19.3 Å². The summed E-state index contributed by atoms with van der Waals surface area (Å²) in [4.78, 5) is 25.3. The van der Waals surface area contributed by atoms with E-state index in [-0.39, 0.29) is 24.0 Å². The molecule has 4 rings (SSSR count). The van der Waals surface area contributed by atoms with Crippen molar-refractivity contribution in [2.24, 2.45) is 0 Å². The van der Waals surface area contributed by atoms with Gasteiger partial charge in [-0.15, -0.1) is 0 Å². The number of fused-ring (bicyclic) bond motifs is 1. The molecule has 2 atom stereocenters. The number of carbonyl (C=O) groups is 2. The van der Waals surface area contributed by atoms with Gasteiger partial charge in [-0.2, -0.15) is 0 Å². The van der Waals surface area contributed by atoms with Crippen molar-refractivity contribution in [1.29, 1.82) is 0 Å². The van der Waals surface area contributed by atoms with E-state index in [1.54, 1.807) is 30.3 Å². The molecule has 1 aromatic rings. The van der Waals surface area contributed by atoms with Gasteiger partial charge in [0.2, 0.25) is 0 Å². The number of ether oxygens (including phenoxy) is 2. The van der Waals surface area contributed by atoms with E-state index in [1.807, 2.05) is 6.08 Å². The van der Waals surface area contributed by atoms with Crippen LogP contribution < -0.4 is 0 Å². The van der Waals surface area contributed by atoms with Gasteiger partial charge in [-0.25, -0.2) is 0 Å². The fourth-order valence-corrected chi connectivity index (χ4v) is 3.40. The molecule has 1 heterocycles. The predicted molar refractivity (Wildman–Crippen MR) is 84.4 cm³/mol. The van der Waals surface area contributed by atoms with Crippen molar-refractivity contribution in [1.82, 2.24) is 0 Å². The molecule has 0 aromatic heterocycles. The quantitative estimate of drug-likeness (QED) is 0.841. The summed E-state index contributed by atoms with van der Waals surface area (Å²) < 4.78 is 11.5. The molecule has 1 fully saturated rings. The highest BCUT2D eigenvalue weighted by atomic mass is 16.7. The van der Waals surface area contributed by atoms with Gasteiger partial charge in [-0.3, -0.25) is 9.59 Å². The van der Waals surface area contributed by atoms with Crippen molar-refractivity contribution in [2.45, 2.75) is 38.1 Å². The van der Waals surface area contributed by atoms with Gasteiger partial charge in [0.15, 0.2) is 17.9 Å². The van der Waals surface area contributed by atoms with E-state index in [0.29, 0.717) is 28.7 Å². The Hall–Kier alpha value is -2.04. The maximum atomic E-state index is 12.7. The van der Waals surface area contributed by atoms with Crippen LogP contribution in [-0.4, -0.2) is 30.6 Å². The Kier molecular flexibility index (Phi) is 3.71. The van der Waals surface area contributed by atoms with Crippen molar-refractivity contribution in [3.8, 4) is 0 Å². The first-order chi connectivity index (χ1) is 11.2. The summed E-state index contributed by atoms with van der Waals surface area (Å²) in [7, 11) is 0. The van der Waals surface area contributed by atoms with Crippen molar-refractivity contribution < 1.29 is 19.1 Å². The first kappa shape index (κ1) is 14.5. The van der Waals surface area contributed by atoms with E-state index in [0.717, 1.165) is 25.9 Å². The molecule has 1 aliphatic heterocycles. The van der Waals surface area contributed by atoms with E-state index >= 15 is 0 Å². The van der Waals surface area contributed by atoms with Crippen LogP contribution >= 0.6 is 0 Å². The van der Waals surface area contributed by atoms with Crippen LogP contribution in [0.5, 0.6) is 0 Å². The fraction of sp³-hybridized carbons (Fsp3) is 0.368. The molecular formula is C19H18O4.